The number of amides is 1. The summed E-state index contributed by atoms with van der Waals surface area (Å²) in [5.41, 5.74) is 1.92. The smallest absolute Gasteiger partial charge is 0.295 e. The molecular formula is C18H13FN6O2. The highest BCUT2D eigenvalue weighted by Gasteiger charge is 2.16. The fourth-order valence-electron chi connectivity index (χ4n) is 2.50. The topological polar surface area (TPSA) is 98.7 Å². The minimum atomic E-state index is -0.454. The van der Waals surface area contributed by atoms with E-state index in [4.69, 9.17) is 4.42 Å². The maximum atomic E-state index is 13.1. The summed E-state index contributed by atoms with van der Waals surface area (Å²) in [6.45, 7) is 1.71. The van der Waals surface area contributed by atoms with E-state index in [1.807, 2.05) is 0 Å². The molecular weight excluding hydrogens is 351 g/mol. The number of nitrogens with one attached hydrogen (secondary N) is 1. The second-order valence-electron chi connectivity index (χ2n) is 5.65. The van der Waals surface area contributed by atoms with Gasteiger partial charge >= 0.3 is 0 Å². The molecule has 2 aromatic heterocycles. The molecule has 1 amide bonds. The van der Waals surface area contributed by atoms with Crippen molar-refractivity contribution in [3.05, 3.63) is 72.4 Å². The summed E-state index contributed by atoms with van der Waals surface area (Å²) < 4.78 is 19.7. The Kier molecular flexibility index (Phi) is 4.17. The number of halogens is 1. The van der Waals surface area contributed by atoms with Crippen molar-refractivity contribution in [3.8, 4) is 17.1 Å². The number of nitrogens with zero attached hydrogens (tertiary/aromatic N) is 5. The van der Waals surface area contributed by atoms with Crippen molar-refractivity contribution in [2.24, 2.45) is 0 Å². The van der Waals surface area contributed by atoms with E-state index >= 15 is 0 Å². The summed E-state index contributed by atoms with van der Waals surface area (Å²) in [5, 5.41) is 14.4. The number of rotatable bonds is 4. The lowest BCUT2D eigenvalue weighted by Crippen LogP contribution is -2.14. The third-order valence-corrected chi connectivity index (χ3v) is 3.79. The van der Waals surface area contributed by atoms with Gasteiger partial charge in [0.1, 0.15) is 11.6 Å². The normalized spacial score (nSPS) is 10.7. The van der Waals surface area contributed by atoms with Crippen LogP contribution < -0.4 is 5.32 Å². The quantitative estimate of drug-likeness (QED) is 0.598. The molecule has 1 N–H and O–H groups in total. The van der Waals surface area contributed by atoms with Crippen molar-refractivity contribution in [1.29, 1.82) is 0 Å². The molecule has 0 bridgehead atoms. The maximum Gasteiger partial charge on any atom is 0.295 e. The largest absolute Gasteiger partial charge is 0.423 e. The molecule has 0 saturated heterocycles. The number of hydrogen-bond acceptors (Lipinski definition) is 6. The summed E-state index contributed by atoms with van der Waals surface area (Å²) in [6.07, 6.45) is 1.25. The molecule has 4 aromatic rings. The van der Waals surface area contributed by atoms with E-state index < -0.39 is 5.91 Å². The molecule has 2 aromatic carbocycles. The van der Waals surface area contributed by atoms with Gasteiger partial charge in [0.25, 0.3) is 5.91 Å². The summed E-state index contributed by atoms with van der Waals surface area (Å²) in [5.74, 6) is 0.113. The zero-order chi connectivity index (χ0) is 18.8. The highest BCUT2D eigenvalue weighted by molar-refractivity contribution is 6.01. The van der Waals surface area contributed by atoms with Crippen LogP contribution in [-0.2, 0) is 0 Å². The molecule has 0 spiro atoms. The Labute approximate surface area is 152 Å². The molecule has 0 aliphatic heterocycles. The number of aryl methyl sites for hydroxylation is 1. The first-order valence-electron chi connectivity index (χ1n) is 7.98. The van der Waals surface area contributed by atoms with Gasteiger partial charge in [-0.2, -0.15) is 0 Å². The fourth-order valence-corrected chi connectivity index (χ4v) is 2.50. The van der Waals surface area contributed by atoms with Crippen LogP contribution in [0.2, 0.25) is 0 Å². The van der Waals surface area contributed by atoms with Crippen molar-refractivity contribution >= 4 is 11.6 Å². The molecule has 0 fully saturated rings. The van der Waals surface area contributed by atoms with Crippen LogP contribution in [0.5, 0.6) is 0 Å². The number of carbonyl (C=O) groups excluding carboxylic acids is 1. The van der Waals surface area contributed by atoms with E-state index in [1.54, 1.807) is 43.3 Å². The summed E-state index contributed by atoms with van der Waals surface area (Å²) in [7, 11) is 0. The number of hydrogen-bond donors (Lipinski definition) is 1. The lowest BCUT2D eigenvalue weighted by molar-refractivity contribution is 0.101. The van der Waals surface area contributed by atoms with E-state index in [9.17, 15) is 9.18 Å². The van der Waals surface area contributed by atoms with E-state index in [2.05, 4.69) is 25.6 Å². The zero-order valence-electron chi connectivity index (χ0n) is 14.1. The van der Waals surface area contributed by atoms with Crippen molar-refractivity contribution in [2.45, 2.75) is 6.92 Å². The van der Waals surface area contributed by atoms with E-state index in [1.165, 1.54) is 23.2 Å². The van der Waals surface area contributed by atoms with Gasteiger partial charge in [-0.15, -0.1) is 15.3 Å². The summed E-state index contributed by atoms with van der Waals surface area (Å²) in [6, 6.07) is 12.7. The predicted octanol–water partition coefficient (Wildman–Crippen LogP) is 3.02. The predicted molar refractivity (Wildman–Crippen MR) is 93.7 cm³/mol. The summed E-state index contributed by atoms with van der Waals surface area (Å²) >= 11 is 0. The molecule has 0 aliphatic carbocycles. The van der Waals surface area contributed by atoms with Crippen LogP contribution in [0.15, 0.2) is 59.3 Å². The molecule has 134 valence electrons. The first-order valence-corrected chi connectivity index (χ1v) is 7.98. The first-order chi connectivity index (χ1) is 13.1. The third-order valence-electron chi connectivity index (χ3n) is 3.79. The Balaban J connectivity index is 1.52. The van der Waals surface area contributed by atoms with Crippen molar-refractivity contribution in [2.75, 3.05) is 5.32 Å². The van der Waals surface area contributed by atoms with Gasteiger partial charge in [0.05, 0.1) is 5.69 Å². The van der Waals surface area contributed by atoms with Gasteiger partial charge in [0.15, 0.2) is 0 Å². The van der Waals surface area contributed by atoms with Crippen LogP contribution in [0.3, 0.4) is 0 Å². The first kappa shape index (κ1) is 16.6. The van der Waals surface area contributed by atoms with Gasteiger partial charge in [0, 0.05) is 11.3 Å². The number of anilines is 1. The average Bonchev–Trinajstić information content (AvgIpc) is 3.33. The highest BCUT2D eigenvalue weighted by Crippen LogP contribution is 2.19. The molecule has 0 atom stereocenters. The van der Waals surface area contributed by atoms with E-state index in [0.717, 1.165) is 5.56 Å². The molecule has 4 rings (SSSR count). The van der Waals surface area contributed by atoms with Crippen LogP contribution in [0, 0.1) is 12.7 Å². The molecule has 2 heterocycles. The standard InChI is InChI=1S/C18H13FN6O2/c1-11-21-16(24-25(11)15-8-4-13(19)5-9-15)17(26)22-14-6-2-12(3-7-14)18-23-20-10-27-18/h2-10H,1H3,(H,22,26). The SMILES string of the molecule is Cc1nc(C(=O)Nc2ccc(-c3nnco3)cc2)nn1-c1ccc(F)cc1. The van der Waals surface area contributed by atoms with Crippen LogP contribution in [0.1, 0.15) is 16.4 Å². The third kappa shape index (κ3) is 3.43. The monoisotopic (exact) mass is 364 g/mol. The number of carbonyl (C=O) groups is 1. The van der Waals surface area contributed by atoms with Crippen LogP contribution in [0.25, 0.3) is 17.1 Å². The highest BCUT2D eigenvalue weighted by atomic mass is 19.1. The van der Waals surface area contributed by atoms with Gasteiger partial charge in [-0.25, -0.2) is 14.1 Å². The van der Waals surface area contributed by atoms with Crippen LogP contribution in [-0.4, -0.2) is 30.9 Å². The summed E-state index contributed by atoms with van der Waals surface area (Å²) in [4.78, 5) is 16.6. The van der Waals surface area contributed by atoms with Crippen LogP contribution >= 0.6 is 0 Å². The minimum Gasteiger partial charge on any atom is -0.423 e. The number of benzene rings is 2. The van der Waals surface area contributed by atoms with E-state index in [0.29, 0.717) is 23.1 Å². The Hall–Kier alpha value is -3.88. The molecule has 0 saturated carbocycles. The van der Waals surface area contributed by atoms with Gasteiger partial charge in [-0.3, -0.25) is 4.79 Å². The Morgan fingerprint density at radius 1 is 1.11 bits per heavy atom. The molecule has 27 heavy (non-hydrogen) atoms. The van der Waals surface area contributed by atoms with Crippen molar-refractivity contribution in [3.63, 3.8) is 0 Å². The Morgan fingerprint density at radius 2 is 1.85 bits per heavy atom. The van der Waals surface area contributed by atoms with Gasteiger partial charge in [0.2, 0.25) is 18.1 Å². The molecule has 0 radical (unpaired) electrons. The fraction of sp³-hybridized carbons (Fsp3) is 0.0556. The molecule has 8 nitrogen and oxygen atoms in total. The second kappa shape index (κ2) is 6.79. The van der Waals surface area contributed by atoms with Gasteiger partial charge in [-0.1, -0.05) is 0 Å². The average molecular weight is 364 g/mol. The zero-order valence-corrected chi connectivity index (χ0v) is 14.1. The van der Waals surface area contributed by atoms with Crippen molar-refractivity contribution < 1.29 is 13.6 Å². The van der Waals surface area contributed by atoms with Gasteiger partial charge < -0.3 is 9.73 Å². The molecule has 0 aliphatic rings. The molecule has 9 heteroatoms. The maximum absolute atomic E-state index is 13.1. The number of aromatic nitrogens is 5. The minimum absolute atomic E-state index is 0.0119. The Bertz CT molecular complexity index is 1070. The van der Waals surface area contributed by atoms with Crippen LogP contribution in [0.4, 0.5) is 10.1 Å². The van der Waals surface area contributed by atoms with Crippen molar-refractivity contribution in [1.82, 2.24) is 25.0 Å². The molecule has 0 unspecified atom stereocenters. The lowest BCUT2D eigenvalue weighted by Gasteiger charge is -2.03. The second-order valence-corrected chi connectivity index (χ2v) is 5.65. The Morgan fingerprint density at radius 3 is 2.52 bits per heavy atom. The van der Waals surface area contributed by atoms with E-state index in [-0.39, 0.29) is 11.6 Å². The van der Waals surface area contributed by atoms with Gasteiger partial charge in [-0.05, 0) is 55.5 Å². The lowest BCUT2D eigenvalue weighted by atomic mass is 10.2.